The van der Waals surface area contributed by atoms with Gasteiger partial charge in [0.05, 0.1) is 0 Å². The SMILES string of the molecule is CCCN1CCN(c2ccc(CN)c(Cl)c2)CC1. The minimum atomic E-state index is 0.503. The Balaban J connectivity index is 1.99. The maximum absolute atomic E-state index is 6.21. The van der Waals surface area contributed by atoms with E-state index in [2.05, 4.69) is 22.8 Å². The molecule has 0 saturated carbocycles. The molecule has 0 unspecified atom stereocenters. The quantitative estimate of drug-likeness (QED) is 0.909. The minimum absolute atomic E-state index is 0.503. The van der Waals surface area contributed by atoms with E-state index in [0.29, 0.717) is 6.54 Å². The van der Waals surface area contributed by atoms with Crippen molar-refractivity contribution in [3.63, 3.8) is 0 Å². The highest BCUT2D eigenvalue weighted by Gasteiger charge is 2.16. The van der Waals surface area contributed by atoms with Crippen molar-refractivity contribution in [1.82, 2.24) is 4.90 Å². The summed E-state index contributed by atoms with van der Waals surface area (Å²) in [5.74, 6) is 0. The Labute approximate surface area is 115 Å². The van der Waals surface area contributed by atoms with Gasteiger partial charge in [0.15, 0.2) is 0 Å². The third kappa shape index (κ3) is 3.16. The lowest BCUT2D eigenvalue weighted by Gasteiger charge is -2.36. The number of benzene rings is 1. The molecule has 4 heteroatoms. The van der Waals surface area contributed by atoms with Crippen molar-refractivity contribution in [2.75, 3.05) is 37.6 Å². The Morgan fingerprint density at radius 2 is 1.94 bits per heavy atom. The van der Waals surface area contributed by atoms with Crippen molar-refractivity contribution in [1.29, 1.82) is 0 Å². The van der Waals surface area contributed by atoms with Crippen molar-refractivity contribution < 1.29 is 0 Å². The molecular formula is C14H22ClN3. The molecule has 2 rings (SSSR count). The maximum atomic E-state index is 6.21. The molecule has 1 saturated heterocycles. The first kappa shape index (κ1) is 13.7. The van der Waals surface area contributed by atoms with Crippen LogP contribution in [0.4, 0.5) is 5.69 Å². The van der Waals surface area contributed by atoms with Crippen molar-refractivity contribution in [2.24, 2.45) is 5.73 Å². The number of halogens is 1. The number of nitrogens with two attached hydrogens (primary N) is 1. The van der Waals surface area contributed by atoms with E-state index in [1.165, 1.54) is 18.7 Å². The summed E-state index contributed by atoms with van der Waals surface area (Å²) in [7, 11) is 0. The smallest absolute Gasteiger partial charge is 0.0471 e. The van der Waals surface area contributed by atoms with Crippen LogP contribution in [0.15, 0.2) is 18.2 Å². The molecule has 2 N–H and O–H groups in total. The first-order valence-electron chi connectivity index (χ1n) is 6.70. The zero-order chi connectivity index (χ0) is 13.0. The molecule has 0 atom stereocenters. The van der Waals surface area contributed by atoms with Crippen LogP contribution in [-0.4, -0.2) is 37.6 Å². The predicted octanol–water partition coefficient (Wildman–Crippen LogP) is 2.33. The van der Waals surface area contributed by atoms with E-state index in [1.807, 2.05) is 12.1 Å². The lowest BCUT2D eigenvalue weighted by molar-refractivity contribution is 0.258. The zero-order valence-corrected chi connectivity index (χ0v) is 11.8. The second kappa shape index (κ2) is 6.41. The van der Waals surface area contributed by atoms with Gasteiger partial charge in [0.1, 0.15) is 0 Å². The zero-order valence-electron chi connectivity index (χ0n) is 11.0. The highest BCUT2D eigenvalue weighted by Crippen LogP contribution is 2.24. The highest BCUT2D eigenvalue weighted by atomic mass is 35.5. The standard InChI is InChI=1S/C14H22ClN3/c1-2-5-17-6-8-18(9-7-17)13-4-3-12(11-16)14(15)10-13/h3-4,10H,2,5-9,11,16H2,1H3. The molecule has 0 bridgehead atoms. The first-order chi connectivity index (χ1) is 8.74. The fourth-order valence-corrected chi connectivity index (χ4v) is 2.70. The normalized spacial score (nSPS) is 17.2. The molecule has 1 aliphatic heterocycles. The van der Waals surface area contributed by atoms with Gasteiger partial charge in [-0.25, -0.2) is 0 Å². The Morgan fingerprint density at radius 3 is 2.50 bits per heavy atom. The fraction of sp³-hybridized carbons (Fsp3) is 0.571. The molecule has 1 aromatic carbocycles. The van der Waals surface area contributed by atoms with E-state index in [9.17, 15) is 0 Å². The Hall–Kier alpha value is -0.770. The molecule has 0 aromatic heterocycles. The average Bonchev–Trinajstić information content (AvgIpc) is 2.40. The van der Waals surface area contributed by atoms with Crippen LogP contribution < -0.4 is 10.6 Å². The molecule has 1 heterocycles. The number of piperazine rings is 1. The van der Waals surface area contributed by atoms with Gasteiger partial charge in [-0.2, -0.15) is 0 Å². The molecule has 1 aliphatic rings. The third-order valence-electron chi connectivity index (χ3n) is 3.53. The largest absolute Gasteiger partial charge is 0.369 e. The molecule has 0 aliphatic carbocycles. The average molecular weight is 268 g/mol. The van der Waals surface area contributed by atoms with E-state index in [0.717, 1.165) is 36.8 Å². The summed E-state index contributed by atoms with van der Waals surface area (Å²) in [5, 5.41) is 0.783. The van der Waals surface area contributed by atoms with Gasteiger partial charge in [-0.15, -0.1) is 0 Å². The van der Waals surface area contributed by atoms with E-state index >= 15 is 0 Å². The molecule has 1 fully saturated rings. The summed E-state index contributed by atoms with van der Waals surface area (Å²) in [6, 6.07) is 6.21. The Bertz CT molecular complexity index is 387. The Morgan fingerprint density at radius 1 is 1.22 bits per heavy atom. The van der Waals surface area contributed by atoms with Crippen LogP contribution in [0.3, 0.4) is 0 Å². The van der Waals surface area contributed by atoms with Crippen LogP contribution >= 0.6 is 11.6 Å². The minimum Gasteiger partial charge on any atom is -0.369 e. The highest BCUT2D eigenvalue weighted by molar-refractivity contribution is 6.31. The topological polar surface area (TPSA) is 32.5 Å². The van der Waals surface area contributed by atoms with Crippen molar-refractivity contribution in [3.8, 4) is 0 Å². The maximum Gasteiger partial charge on any atom is 0.0471 e. The summed E-state index contributed by atoms with van der Waals surface area (Å²) in [4.78, 5) is 4.92. The monoisotopic (exact) mass is 267 g/mol. The molecule has 0 spiro atoms. The number of anilines is 1. The van der Waals surface area contributed by atoms with E-state index < -0.39 is 0 Å². The molecule has 0 radical (unpaired) electrons. The lowest BCUT2D eigenvalue weighted by Crippen LogP contribution is -2.46. The van der Waals surface area contributed by atoms with Crippen molar-refractivity contribution >= 4 is 17.3 Å². The molecule has 18 heavy (non-hydrogen) atoms. The van der Waals surface area contributed by atoms with Gasteiger partial charge in [-0.1, -0.05) is 24.6 Å². The molecule has 100 valence electrons. The number of hydrogen-bond acceptors (Lipinski definition) is 3. The first-order valence-corrected chi connectivity index (χ1v) is 7.08. The summed E-state index contributed by atoms with van der Waals surface area (Å²) < 4.78 is 0. The number of hydrogen-bond donors (Lipinski definition) is 1. The lowest BCUT2D eigenvalue weighted by atomic mass is 10.1. The third-order valence-corrected chi connectivity index (χ3v) is 3.89. The molecule has 1 aromatic rings. The van der Waals surface area contributed by atoms with Crippen molar-refractivity contribution in [2.45, 2.75) is 19.9 Å². The van der Waals surface area contributed by atoms with Crippen LogP contribution in [0.5, 0.6) is 0 Å². The van der Waals surface area contributed by atoms with Gasteiger partial charge >= 0.3 is 0 Å². The second-order valence-electron chi connectivity index (χ2n) is 4.81. The number of nitrogens with zero attached hydrogens (tertiary/aromatic N) is 2. The molecule has 0 amide bonds. The Kier molecular flexibility index (Phi) is 4.87. The van der Waals surface area contributed by atoms with E-state index in [-0.39, 0.29) is 0 Å². The summed E-state index contributed by atoms with van der Waals surface area (Å²) in [6.07, 6.45) is 1.23. The van der Waals surface area contributed by atoms with Crippen LogP contribution in [0.2, 0.25) is 5.02 Å². The fourth-order valence-electron chi connectivity index (χ4n) is 2.44. The second-order valence-corrected chi connectivity index (χ2v) is 5.22. The van der Waals surface area contributed by atoms with Gasteiger partial charge < -0.3 is 10.6 Å². The molecule has 3 nitrogen and oxygen atoms in total. The predicted molar refractivity (Wildman–Crippen MR) is 78.3 cm³/mol. The van der Waals surface area contributed by atoms with E-state index in [4.69, 9.17) is 17.3 Å². The van der Waals surface area contributed by atoms with Crippen LogP contribution in [0.25, 0.3) is 0 Å². The summed E-state index contributed by atoms with van der Waals surface area (Å²) in [6.45, 7) is 8.40. The number of rotatable bonds is 4. The van der Waals surface area contributed by atoms with Gasteiger partial charge in [0.25, 0.3) is 0 Å². The summed E-state index contributed by atoms with van der Waals surface area (Å²) >= 11 is 6.21. The van der Waals surface area contributed by atoms with Gasteiger partial charge in [-0.3, -0.25) is 4.90 Å². The van der Waals surface area contributed by atoms with Crippen LogP contribution in [0, 0.1) is 0 Å². The van der Waals surface area contributed by atoms with Gasteiger partial charge in [0, 0.05) is 43.4 Å². The van der Waals surface area contributed by atoms with Crippen molar-refractivity contribution in [3.05, 3.63) is 28.8 Å². The van der Waals surface area contributed by atoms with E-state index in [1.54, 1.807) is 0 Å². The van der Waals surface area contributed by atoms with Crippen LogP contribution in [0.1, 0.15) is 18.9 Å². The summed E-state index contributed by atoms with van der Waals surface area (Å²) in [5.41, 5.74) is 7.86. The van der Waals surface area contributed by atoms with Gasteiger partial charge in [-0.05, 0) is 30.7 Å². The van der Waals surface area contributed by atoms with Gasteiger partial charge in [0.2, 0.25) is 0 Å². The van der Waals surface area contributed by atoms with Crippen LogP contribution in [-0.2, 0) is 6.54 Å². The molecular weight excluding hydrogens is 246 g/mol.